The number of hydrogen-bond donors (Lipinski definition) is 0. The molecular weight excluding hydrogens is 426 g/mol. The van der Waals surface area contributed by atoms with Gasteiger partial charge in [-0.2, -0.15) is 0 Å². The SMILES string of the molecule is c1ccc(-n2c3ccccc3n3c4cc(-c5ccc6c(c5)-c5ccccc5C6)ccc4nc23)cc1. The van der Waals surface area contributed by atoms with Crippen LogP contribution in [0.4, 0.5) is 0 Å². The highest BCUT2D eigenvalue weighted by molar-refractivity contribution is 5.94. The van der Waals surface area contributed by atoms with Crippen molar-refractivity contribution >= 4 is 27.8 Å². The summed E-state index contributed by atoms with van der Waals surface area (Å²) >= 11 is 0. The third-order valence-electron chi connectivity index (χ3n) is 7.35. The lowest BCUT2D eigenvalue weighted by atomic mass is 9.98. The third-order valence-corrected chi connectivity index (χ3v) is 7.35. The number of rotatable bonds is 2. The minimum Gasteiger partial charge on any atom is -0.278 e. The van der Waals surface area contributed by atoms with Crippen LogP contribution in [-0.4, -0.2) is 14.0 Å². The minimum atomic E-state index is 0.937. The average Bonchev–Trinajstić information content (AvgIpc) is 3.57. The lowest BCUT2D eigenvalue weighted by molar-refractivity contribution is 1.11. The molecule has 3 nitrogen and oxygen atoms in total. The third kappa shape index (κ3) is 2.64. The van der Waals surface area contributed by atoms with Crippen LogP contribution in [0.15, 0.2) is 115 Å². The molecule has 0 radical (unpaired) electrons. The van der Waals surface area contributed by atoms with E-state index in [-0.39, 0.29) is 0 Å². The Morgan fingerprint density at radius 2 is 1.26 bits per heavy atom. The van der Waals surface area contributed by atoms with E-state index in [1.54, 1.807) is 0 Å². The van der Waals surface area contributed by atoms with Crippen molar-refractivity contribution in [3.63, 3.8) is 0 Å². The molecular formula is C32H21N3. The van der Waals surface area contributed by atoms with Crippen LogP contribution < -0.4 is 0 Å². The number of imidazole rings is 2. The molecule has 2 heterocycles. The average molecular weight is 448 g/mol. The predicted octanol–water partition coefficient (Wildman–Crippen LogP) is 7.67. The summed E-state index contributed by atoms with van der Waals surface area (Å²) in [6.07, 6.45) is 1.02. The van der Waals surface area contributed by atoms with Gasteiger partial charge in [0.15, 0.2) is 0 Å². The van der Waals surface area contributed by atoms with Gasteiger partial charge in [0.1, 0.15) is 0 Å². The molecule has 7 aromatic rings. The molecule has 0 fully saturated rings. The van der Waals surface area contributed by atoms with Gasteiger partial charge in [-0.1, -0.05) is 72.8 Å². The van der Waals surface area contributed by atoms with Crippen LogP contribution in [0.1, 0.15) is 11.1 Å². The Bertz CT molecular complexity index is 1920. The van der Waals surface area contributed by atoms with Crippen LogP contribution in [-0.2, 0) is 6.42 Å². The number of para-hydroxylation sites is 3. The van der Waals surface area contributed by atoms with Crippen LogP contribution in [0, 0.1) is 0 Å². The van der Waals surface area contributed by atoms with Gasteiger partial charge in [-0.25, -0.2) is 4.98 Å². The van der Waals surface area contributed by atoms with Gasteiger partial charge in [-0.3, -0.25) is 8.97 Å². The van der Waals surface area contributed by atoms with Gasteiger partial charge in [0, 0.05) is 5.69 Å². The fraction of sp³-hybridized carbons (Fsp3) is 0.0312. The zero-order valence-electron chi connectivity index (χ0n) is 19.0. The normalized spacial score (nSPS) is 12.5. The molecule has 1 aliphatic rings. The first-order valence-corrected chi connectivity index (χ1v) is 12.0. The quantitative estimate of drug-likeness (QED) is 0.266. The number of fused-ring (bicyclic) bond motifs is 8. The van der Waals surface area contributed by atoms with Gasteiger partial charge < -0.3 is 0 Å². The molecule has 164 valence electrons. The Morgan fingerprint density at radius 1 is 0.543 bits per heavy atom. The fourth-order valence-corrected chi connectivity index (χ4v) is 5.71. The predicted molar refractivity (Wildman–Crippen MR) is 143 cm³/mol. The summed E-state index contributed by atoms with van der Waals surface area (Å²) in [5, 5.41) is 0. The Labute approximate surface area is 202 Å². The highest BCUT2D eigenvalue weighted by atomic mass is 15.2. The molecule has 0 atom stereocenters. The first-order chi connectivity index (χ1) is 17.3. The van der Waals surface area contributed by atoms with E-state index in [1.165, 1.54) is 33.4 Å². The minimum absolute atomic E-state index is 0.937. The first-order valence-electron chi connectivity index (χ1n) is 12.0. The lowest BCUT2D eigenvalue weighted by Gasteiger charge is -2.07. The maximum absolute atomic E-state index is 5.08. The summed E-state index contributed by atoms with van der Waals surface area (Å²) in [6.45, 7) is 0. The van der Waals surface area contributed by atoms with E-state index in [1.807, 2.05) is 0 Å². The zero-order chi connectivity index (χ0) is 22.9. The molecule has 1 aliphatic carbocycles. The van der Waals surface area contributed by atoms with Crippen molar-refractivity contribution in [3.8, 4) is 27.9 Å². The highest BCUT2D eigenvalue weighted by Gasteiger charge is 2.20. The number of nitrogens with zero attached hydrogens (tertiary/aromatic N) is 3. The highest BCUT2D eigenvalue weighted by Crippen LogP contribution is 2.39. The summed E-state index contributed by atoms with van der Waals surface area (Å²) in [7, 11) is 0. The summed E-state index contributed by atoms with van der Waals surface area (Å²) < 4.78 is 4.55. The summed E-state index contributed by atoms with van der Waals surface area (Å²) in [6, 6.07) is 41.3. The molecule has 0 unspecified atom stereocenters. The van der Waals surface area contributed by atoms with Gasteiger partial charge in [-0.15, -0.1) is 0 Å². The number of benzene rings is 5. The van der Waals surface area contributed by atoms with Crippen LogP contribution in [0.5, 0.6) is 0 Å². The van der Waals surface area contributed by atoms with Crippen molar-refractivity contribution in [2.45, 2.75) is 6.42 Å². The van der Waals surface area contributed by atoms with Crippen molar-refractivity contribution in [2.24, 2.45) is 0 Å². The second kappa shape index (κ2) is 6.94. The molecule has 0 aliphatic heterocycles. The van der Waals surface area contributed by atoms with E-state index in [2.05, 4.69) is 124 Å². The van der Waals surface area contributed by atoms with E-state index in [9.17, 15) is 0 Å². The molecule has 2 aromatic heterocycles. The maximum atomic E-state index is 5.08. The van der Waals surface area contributed by atoms with E-state index < -0.39 is 0 Å². The zero-order valence-corrected chi connectivity index (χ0v) is 19.0. The fourth-order valence-electron chi connectivity index (χ4n) is 5.71. The molecule has 35 heavy (non-hydrogen) atoms. The van der Waals surface area contributed by atoms with Crippen molar-refractivity contribution in [1.29, 1.82) is 0 Å². The molecule has 0 saturated carbocycles. The summed E-state index contributed by atoms with van der Waals surface area (Å²) in [4.78, 5) is 5.08. The van der Waals surface area contributed by atoms with E-state index in [0.717, 1.165) is 40.0 Å². The first kappa shape index (κ1) is 18.8. The van der Waals surface area contributed by atoms with Crippen LogP contribution in [0.25, 0.3) is 55.8 Å². The topological polar surface area (TPSA) is 22.2 Å². The van der Waals surface area contributed by atoms with E-state index >= 15 is 0 Å². The van der Waals surface area contributed by atoms with Gasteiger partial charge in [-0.05, 0) is 82.3 Å². The molecule has 5 aromatic carbocycles. The second-order valence-electron chi connectivity index (χ2n) is 9.32. The molecule has 0 saturated heterocycles. The summed E-state index contributed by atoms with van der Waals surface area (Å²) in [5.74, 6) is 0.937. The Balaban J connectivity index is 1.37. The smallest absolute Gasteiger partial charge is 0.220 e. The standard InChI is InChI=1S/C32H21N3/c1-2-9-25(10-3-1)34-29-12-6-7-13-30(29)35-31-20-22(16-17-28(31)33-32(34)35)21-14-15-24-18-23-8-4-5-11-26(23)27(24)19-21/h1-17,19-20H,18H2. The number of hydrogen-bond acceptors (Lipinski definition) is 1. The van der Waals surface area contributed by atoms with Gasteiger partial charge in [0.25, 0.3) is 0 Å². The van der Waals surface area contributed by atoms with Crippen molar-refractivity contribution in [3.05, 3.63) is 126 Å². The molecule has 0 bridgehead atoms. The number of aromatic nitrogens is 3. The Kier molecular flexibility index (Phi) is 3.72. The Hall–Kier alpha value is -4.63. The van der Waals surface area contributed by atoms with Crippen LogP contribution in [0.2, 0.25) is 0 Å². The van der Waals surface area contributed by atoms with Crippen LogP contribution in [0.3, 0.4) is 0 Å². The largest absolute Gasteiger partial charge is 0.278 e. The molecule has 0 N–H and O–H groups in total. The molecule has 3 heteroatoms. The maximum Gasteiger partial charge on any atom is 0.220 e. The summed E-state index contributed by atoms with van der Waals surface area (Å²) in [5.41, 5.74) is 13.6. The van der Waals surface area contributed by atoms with E-state index in [0.29, 0.717) is 0 Å². The monoisotopic (exact) mass is 447 g/mol. The van der Waals surface area contributed by atoms with Gasteiger partial charge in [0.2, 0.25) is 5.78 Å². The van der Waals surface area contributed by atoms with E-state index in [4.69, 9.17) is 4.98 Å². The molecule has 0 amide bonds. The van der Waals surface area contributed by atoms with Crippen molar-refractivity contribution in [2.75, 3.05) is 0 Å². The van der Waals surface area contributed by atoms with Crippen LogP contribution >= 0.6 is 0 Å². The lowest BCUT2D eigenvalue weighted by Crippen LogP contribution is -1.94. The Morgan fingerprint density at radius 3 is 2.17 bits per heavy atom. The second-order valence-corrected chi connectivity index (χ2v) is 9.32. The van der Waals surface area contributed by atoms with Crippen molar-refractivity contribution < 1.29 is 0 Å². The van der Waals surface area contributed by atoms with Gasteiger partial charge in [0.05, 0.1) is 22.1 Å². The molecule has 8 rings (SSSR count). The van der Waals surface area contributed by atoms with Gasteiger partial charge >= 0.3 is 0 Å². The van der Waals surface area contributed by atoms with Crippen molar-refractivity contribution in [1.82, 2.24) is 14.0 Å². The molecule has 0 spiro atoms.